The summed E-state index contributed by atoms with van der Waals surface area (Å²) >= 11 is 4.94. The van der Waals surface area contributed by atoms with Gasteiger partial charge in [0, 0.05) is 18.1 Å². The predicted octanol–water partition coefficient (Wildman–Crippen LogP) is 3.39. The van der Waals surface area contributed by atoms with Crippen molar-refractivity contribution in [3.05, 3.63) is 41.1 Å². The van der Waals surface area contributed by atoms with Gasteiger partial charge < -0.3 is 14.2 Å². The highest BCUT2D eigenvalue weighted by atomic mass is 79.9. The summed E-state index contributed by atoms with van der Waals surface area (Å²) in [5.41, 5.74) is 0. The molecule has 1 aromatic carbocycles. The molecule has 9 heteroatoms. The molecular formula is C18H20BrN3O4S. The van der Waals surface area contributed by atoms with Gasteiger partial charge in [-0.05, 0) is 54.0 Å². The molecule has 3 atom stereocenters. The highest BCUT2D eigenvalue weighted by Gasteiger charge is 2.34. The molecule has 7 nitrogen and oxygen atoms in total. The zero-order valence-corrected chi connectivity index (χ0v) is 17.3. The van der Waals surface area contributed by atoms with Crippen LogP contribution in [-0.4, -0.2) is 45.8 Å². The van der Waals surface area contributed by atoms with E-state index >= 15 is 0 Å². The predicted molar refractivity (Wildman–Crippen MR) is 106 cm³/mol. The quantitative estimate of drug-likeness (QED) is 0.638. The van der Waals surface area contributed by atoms with Gasteiger partial charge in [0.1, 0.15) is 23.6 Å². The Morgan fingerprint density at radius 3 is 2.63 bits per heavy atom. The van der Waals surface area contributed by atoms with E-state index in [9.17, 15) is 4.79 Å². The smallest absolute Gasteiger partial charge is 0.324 e. The summed E-state index contributed by atoms with van der Waals surface area (Å²) in [5.74, 6) is 1.80. The second-order valence-electron chi connectivity index (χ2n) is 5.81. The summed E-state index contributed by atoms with van der Waals surface area (Å²) < 4.78 is 17.4. The van der Waals surface area contributed by atoms with Crippen LogP contribution in [0.15, 0.2) is 41.1 Å². The molecule has 1 aliphatic rings. The number of halogens is 1. The Bertz CT molecular complexity index is 760. The largest absolute Gasteiger partial charge is 0.488 e. The van der Waals surface area contributed by atoms with Crippen molar-refractivity contribution in [2.75, 3.05) is 12.4 Å². The van der Waals surface area contributed by atoms with E-state index in [1.165, 1.54) is 0 Å². The Kier molecular flexibility index (Phi) is 6.92. The van der Waals surface area contributed by atoms with Crippen LogP contribution in [0.25, 0.3) is 0 Å². The molecule has 144 valence electrons. The number of nitrogens with one attached hydrogen (secondary N) is 1. The highest BCUT2D eigenvalue weighted by molar-refractivity contribution is 9.10. The summed E-state index contributed by atoms with van der Waals surface area (Å²) in [6.45, 7) is 4.16. The van der Waals surface area contributed by atoms with Crippen LogP contribution >= 0.6 is 27.7 Å². The lowest BCUT2D eigenvalue weighted by atomic mass is 10.3. The van der Waals surface area contributed by atoms with Crippen molar-refractivity contribution in [2.45, 2.75) is 31.4 Å². The average Bonchev–Trinajstić information content (AvgIpc) is 3.16. The number of aromatic nitrogens is 2. The van der Waals surface area contributed by atoms with Crippen LogP contribution < -0.4 is 14.8 Å². The lowest BCUT2D eigenvalue weighted by Crippen LogP contribution is -2.43. The fraction of sp³-hybridized carbons (Fsp3) is 0.389. The van der Waals surface area contributed by atoms with Crippen LogP contribution in [-0.2, 0) is 9.53 Å². The first-order valence-electron chi connectivity index (χ1n) is 8.51. The molecule has 2 aromatic rings. The SMILES string of the molecule is CCOC(=O)C1CS[C@H](C(C)Oc2ccc(Oc3ncc(Br)cn3)cc2)N1. The van der Waals surface area contributed by atoms with Gasteiger partial charge >= 0.3 is 12.0 Å². The van der Waals surface area contributed by atoms with Crippen molar-refractivity contribution in [1.29, 1.82) is 0 Å². The molecule has 0 spiro atoms. The number of nitrogens with zero attached hydrogens (tertiary/aromatic N) is 2. The number of rotatable bonds is 7. The van der Waals surface area contributed by atoms with Gasteiger partial charge in [0.2, 0.25) is 0 Å². The van der Waals surface area contributed by atoms with Crippen molar-refractivity contribution < 1.29 is 19.0 Å². The number of ether oxygens (including phenoxy) is 3. The molecule has 1 saturated heterocycles. The van der Waals surface area contributed by atoms with Crippen LogP contribution in [0.1, 0.15) is 13.8 Å². The van der Waals surface area contributed by atoms with E-state index in [4.69, 9.17) is 14.2 Å². The molecule has 0 bridgehead atoms. The van der Waals surface area contributed by atoms with Crippen molar-refractivity contribution >= 4 is 33.7 Å². The Morgan fingerprint density at radius 2 is 1.96 bits per heavy atom. The van der Waals surface area contributed by atoms with Gasteiger partial charge in [0.05, 0.1) is 16.5 Å². The van der Waals surface area contributed by atoms with Gasteiger partial charge in [0.15, 0.2) is 0 Å². The van der Waals surface area contributed by atoms with Crippen LogP contribution in [0.2, 0.25) is 0 Å². The maximum atomic E-state index is 11.8. The lowest BCUT2D eigenvalue weighted by Gasteiger charge is -2.21. The van der Waals surface area contributed by atoms with Gasteiger partial charge in [-0.1, -0.05) is 0 Å². The Labute approximate surface area is 170 Å². The standard InChI is InChI=1S/C18H20BrN3O4S/c1-3-24-17(23)15-10-27-16(22-15)11(2)25-13-4-6-14(7-5-13)26-18-20-8-12(19)9-21-18/h4-9,11,15-16,22H,3,10H2,1-2H3/t11?,15?,16-/m1/s1. The van der Waals surface area contributed by atoms with Gasteiger partial charge in [-0.25, -0.2) is 9.97 Å². The van der Waals surface area contributed by atoms with E-state index < -0.39 is 0 Å². The molecule has 1 aromatic heterocycles. The third-order valence-electron chi connectivity index (χ3n) is 3.76. The molecule has 0 saturated carbocycles. The molecule has 27 heavy (non-hydrogen) atoms. The van der Waals surface area contributed by atoms with Gasteiger partial charge in [0.25, 0.3) is 0 Å². The van der Waals surface area contributed by atoms with E-state index in [0.717, 1.165) is 4.47 Å². The molecule has 1 aliphatic heterocycles. The Hall–Kier alpha value is -1.84. The fourth-order valence-electron chi connectivity index (χ4n) is 2.47. The number of hydrogen-bond donors (Lipinski definition) is 1. The third kappa shape index (κ3) is 5.57. The number of carbonyl (C=O) groups is 1. The molecule has 2 heterocycles. The van der Waals surface area contributed by atoms with E-state index in [-0.39, 0.29) is 29.5 Å². The number of esters is 1. The summed E-state index contributed by atoms with van der Waals surface area (Å²) in [5, 5.41) is 3.28. The minimum absolute atomic E-state index is 0.0199. The van der Waals surface area contributed by atoms with Crippen LogP contribution in [0.5, 0.6) is 17.5 Å². The van der Waals surface area contributed by atoms with Gasteiger partial charge in [-0.3, -0.25) is 10.1 Å². The zero-order chi connectivity index (χ0) is 19.2. The zero-order valence-electron chi connectivity index (χ0n) is 14.9. The lowest BCUT2D eigenvalue weighted by molar-refractivity contribution is -0.144. The molecule has 0 radical (unpaired) electrons. The first-order valence-corrected chi connectivity index (χ1v) is 10.4. The Balaban J connectivity index is 1.52. The summed E-state index contributed by atoms with van der Waals surface area (Å²) in [6.07, 6.45) is 3.13. The number of thioether (sulfide) groups is 1. The van der Waals surface area contributed by atoms with E-state index in [2.05, 4.69) is 31.2 Å². The topological polar surface area (TPSA) is 82.6 Å². The Morgan fingerprint density at radius 1 is 1.30 bits per heavy atom. The second kappa shape index (κ2) is 9.38. The van der Waals surface area contributed by atoms with Gasteiger partial charge in [-0.15, -0.1) is 11.8 Å². The van der Waals surface area contributed by atoms with E-state index in [0.29, 0.717) is 23.9 Å². The average molecular weight is 454 g/mol. The van der Waals surface area contributed by atoms with E-state index in [1.54, 1.807) is 43.2 Å². The molecule has 2 unspecified atom stereocenters. The van der Waals surface area contributed by atoms with Crippen molar-refractivity contribution in [3.8, 4) is 17.5 Å². The van der Waals surface area contributed by atoms with E-state index in [1.807, 2.05) is 19.1 Å². The maximum Gasteiger partial charge on any atom is 0.324 e. The van der Waals surface area contributed by atoms with Crippen molar-refractivity contribution in [3.63, 3.8) is 0 Å². The van der Waals surface area contributed by atoms with Crippen LogP contribution in [0.3, 0.4) is 0 Å². The van der Waals surface area contributed by atoms with Crippen molar-refractivity contribution in [1.82, 2.24) is 15.3 Å². The van der Waals surface area contributed by atoms with Crippen molar-refractivity contribution in [2.24, 2.45) is 0 Å². The normalized spacial score (nSPS) is 20.1. The third-order valence-corrected chi connectivity index (χ3v) is 5.57. The highest BCUT2D eigenvalue weighted by Crippen LogP contribution is 2.27. The van der Waals surface area contributed by atoms with Crippen LogP contribution in [0.4, 0.5) is 0 Å². The maximum absolute atomic E-state index is 11.8. The van der Waals surface area contributed by atoms with Gasteiger partial charge in [-0.2, -0.15) is 0 Å². The summed E-state index contributed by atoms with van der Waals surface area (Å²) in [4.78, 5) is 20.0. The number of hydrogen-bond acceptors (Lipinski definition) is 8. The van der Waals surface area contributed by atoms with Crippen LogP contribution in [0, 0.1) is 0 Å². The molecular weight excluding hydrogens is 434 g/mol. The molecule has 0 aliphatic carbocycles. The minimum Gasteiger partial charge on any atom is -0.488 e. The summed E-state index contributed by atoms with van der Waals surface area (Å²) in [6, 6.07) is 7.23. The fourth-order valence-corrected chi connectivity index (χ4v) is 3.89. The first-order chi connectivity index (χ1) is 13.0. The molecule has 0 amide bonds. The minimum atomic E-state index is -0.285. The molecule has 3 rings (SSSR count). The molecule has 1 N–H and O–H groups in total. The first kappa shape index (κ1) is 19.9. The number of benzene rings is 1. The molecule has 1 fully saturated rings. The second-order valence-corrected chi connectivity index (χ2v) is 7.90. The number of carbonyl (C=O) groups excluding carboxylic acids is 1. The summed E-state index contributed by atoms with van der Waals surface area (Å²) in [7, 11) is 0. The monoisotopic (exact) mass is 453 g/mol.